The maximum atomic E-state index is 13.0. The number of hydrogen-bond donors (Lipinski definition) is 1. The second-order valence-electron chi connectivity index (χ2n) is 7.55. The Morgan fingerprint density at radius 3 is 2.59 bits per heavy atom. The first-order valence-corrected chi connectivity index (χ1v) is 10.9. The van der Waals surface area contributed by atoms with Crippen LogP contribution in [-0.2, 0) is 9.53 Å². The summed E-state index contributed by atoms with van der Waals surface area (Å²) in [6, 6.07) is 16.4. The van der Waals surface area contributed by atoms with E-state index in [1.165, 1.54) is 18.2 Å². The summed E-state index contributed by atoms with van der Waals surface area (Å²) in [4.78, 5) is 51.7. The largest absolute Gasteiger partial charge is 0.452 e. The number of nitrogens with zero attached hydrogens (tertiary/aromatic N) is 3. The van der Waals surface area contributed by atoms with E-state index in [1.54, 1.807) is 43.3 Å². The monoisotopic (exact) mass is 472 g/mol. The third-order valence-corrected chi connectivity index (χ3v) is 5.92. The van der Waals surface area contributed by atoms with Crippen molar-refractivity contribution >= 4 is 57.8 Å². The minimum Gasteiger partial charge on any atom is -0.452 e. The van der Waals surface area contributed by atoms with E-state index in [-0.39, 0.29) is 16.7 Å². The number of carbonyl (C=O) groups is 4. The van der Waals surface area contributed by atoms with Crippen LogP contribution in [0.5, 0.6) is 0 Å². The van der Waals surface area contributed by atoms with E-state index in [9.17, 15) is 19.2 Å². The Kier molecular flexibility index (Phi) is 5.34. The predicted octanol–water partition coefficient (Wildman–Crippen LogP) is 3.60. The quantitative estimate of drug-likeness (QED) is 0.348. The topological polar surface area (TPSA) is 119 Å². The molecular formula is C24H16N4O5S. The van der Waals surface area contributed by atoms with Gasteiger partial charge in [0.25, 0.3) is 17.7 Å². The Labute approximate surface area is 197 Å². The van der Waals surface area contributed by atoms with Crippen molar-refractivity contribution in [2.45, 2.75) is 6.92 Å². The number of aromatic nitrogens is 2. The predicted molar refractivity (Wildman–Crippen MR) is 125 cm³/mol. The Bertz CT molecular complexity index is 1500. The molecule has 2 heterocycles. The zero-order valence-electron chi connectivity index (χ0n) is 17.8. The highest BCUT2D eigenvalue weighted by atomic mass is 32.1. The molecule has 0 atom stereocenters. The minimum absolute atomic E-state index is 0.0603. The van der Waals surface area contributed by atoms with Gasteiger partial charge in [-0.25, -0.2) is 9.69 Å². The Balaban J connectivity index is 1.29. The van der Waals surface area contributed by atoms with Gasteiger partial charge in [-0.15, -0.1) is 0 Å². The minimum atomic E-state index is -0.791. The van der Waals surface area contributed by atoms with Gasteiger partial charge in [0, 0.05) is 0 Å². The molecule has 1 aromatic heterocycles. The number of nitrogens with one attached hydrogen (secondary N) is 1. The lowest BCUT2D eigenvalue weighted by Gasteiger charge is -2.16. The van der Waals surface area contributed by atoms with E-state index >= 15 is 0 Å². The van der Waals surface area contributed by atoms with Crippen molar-refractivity contribution in [3.8, 4) is 0 Å². The van der Waals surface area contributed by atoms with Crippen molar-refractivity contribution in [1.29, 1.82) is 0 Å². The average molecular weight is 472 g/mol. The maximum absolute atomic E-state index is 13.0. The van der Waals surface area contributed by atoms with Crippen molar-refractivity contribution < 1.29 is 23.9 Å². The van der Waals surface area contributed by atoms with Gasteiger partial charge < -0.3 is 10.1 Å². The number of esters is 1. The van der Waals surface area contributed by atoms with Crippen molar-refractivity contribution in [1.82, 2.24) is 8.75 Å². The lowest BCUT2D eigenvalue weighted by Crippen LogP contribution is -2.29. The highest BCUT2D eigenvalue weighted by molar-refractivity contribution is 7.00. The van der Waals surface area contributed by atoms with Crippen LogP contribution in [0.3, 0.4) is 0 Å². The zero-order valence-corrected chi connectivity index (χ0v) is 18.6. The van der Waals surface area contributed by atoms with Crippen LogP contribution in [0.4, 0.5) is 11.4 Å². The fourth-order valence-corrected chi connectivity index (χ4v) is 4.26. The maximum Gasteiger partial charge on any atom is 0.338 e. The van der Waals surface area contributed by atoms with Crippen LogP contribution in [0.15, 0.2) is 60.7 Å². The molecule has 1 aliphatic heterocycles. The number of anilines is 2. The van der Waals surface area contributed by atoms with Crippen LogP contribution in [0.25, 0.3) is 11.0 Å². The van der Waals surface area contributed by atoms with Crippen LogP contribution < -0.4 is 10.2 Å². The molecule has 1 N–H and O–H groups in total. The number of ether oxygens (including phenoxy) is 1. The number of benzene rings is 3. The number of para-hydroxylation sites is 1. The second kappa shape index (κ2) is 8.49. The summed E-state index contributed by atoms with van der Waals surface area (Å²) < 4.78 is 13.4. The van der Waals surface area contributed by atoms with Crippen molar-refractivity contribution in [2.24, 2.45) is 0 Å². The Hall–Kier alpha value is -4.44. The normalized spacial score (nSPS) is 12.7. The van der Waals surface area contributed by atoms with Gasteiger partial charge in [-0.3, -0.25) is 14.4 Å². The molecule has 0 spiro atoms. The summed E-state index contributed by atoms with van der Waals surface area (Å²) in [5.41, 5.74) is 3.29. The fourth-order valence-electron chi connectivity index (χ4n) is 3.71. The molecule has 34 heavy (non-hydrogen) atoms. The smallest absolute Gasteiger partial charge is 0.338 e. The molecule has 3 aromatic carbocycles. The summed E-state index contributed by atoms with van der Waals surface area (Å²) in [7, 11) is 0. The van der Waals surface area contributed by atoms with E-state index in [2.05, 4.69) is 14.1 Å². The zero-order chi connectivity index (χ0) is 23.8. The van der Waals surface area contributed by atoms with E-state index in [0.29, 0.717) is 22.4 Å². The number of fused-ring (bicyclic) bond motifs is 2. The number of amides is 3. The summed E-state index contributed by atoms with van der Waals surface area (Å²) in [5.74, 6) is -2.32. The molecule has 168 valence electrons. The van der Waals surface area contributed by atoms with Gasteiger partial charge in [-0.1, -0.05) is 24.3 Å². The summed E-state index contributed by atoms with van der Waals surface area (Å²) >= 11 is 1.03. The molecule has 0 saturated heterocycles. The number of aryl methyl sites for hydroxylation is 1. The van der Waals surface area contributed by atoms with E-state index in [1.807, 2.05) is 6.07 Å². The molecule has 0 unspecified atom stereocenters. The van der Waals surface area contributed by atoms with Crippen LogP contribution >= 0.6 is 11.7 Å². The molecule has 1 aliphatic rings. The van der Waals surface area contributed by atoms with Crippen molar-refractivity contribution in [3.63, 3.8) is 0 Å². The number of hydrogen-bond acceptors (Lipinski definition) is 8. The molecule has 0 saturated carbocycles. The highest BCUT2D eigenvalue weighted by Gasteiger charge is 2.37. The van der Waals surface area contributed by atoms with Crippen LogP contribution in [0, 0.1) is 6.92 Å². The third kappa shape index (κ3) is 3.69. The Morgan fingerprint density at radius 1 is 0.971 bits per heavy atom. The first-order chi connectivity index (χ1) is 16.4. The van der Waals surface area contributed by atoms with Crippen molar-refractivity contribution in [3.05, 3.63) is 82.9 Å². The fraction of sp³-hybridized carbons (Fsp3) is 0.0833. The average Bonchev–Trinajstić information content (AvgIpc) is 3.41. The summed E-state index contributed by atoms with van der Waals surface area (Å²) in [5, 5.41) is 2.64. The van der Waals surface area contributed by atoms with Gasteiger partial charge >= 0.3 is 5.97 Å². The van der Waals surface area contributed by atoms with Gasteiger partial charge in [-0.05, 0) is 48.9 Å². The first-order valence-electron chi connectivity index (χ1n) is 10.2. The number of carbonyl (C=O) groups excluding carboxylic acids is 4. The van der Waals surface area contributed by atoms with Gasteiger partial charge in [0.2, 0.25) is 0 Å². The lowest BCUT2D eigenvalue weighted by molar-refractivity contribution is -0.119. The van der Waals surface area contributed by atoms with Crippen LogP contribution in [-0.4, -0.2) is 39.0 Å². The van der Waals surface area contributed by atoms with Crippen molar-refractivity contribution in [2.75, 3.05) is 16.8 Å². The summed E-state index contributed by atoms with van der Waals surface area (Å²) in [6.45, 7) is 1.27. The molecule has 0 aliphatic carbocycles. The molecule has 4 aromatic rings. The molecule has 3 amide bonds. The van der Waals surface area contributed by atoms with Crippen LogP contribution in [0.1, 0.15) is 36.6 Å². The number of rotatable bonds is 5. The van der Waals surface area contributed by atoms with Gasteiger partial charge in [0.05, 0.1) is 39.8 Å². The lowest BCUT2D eigenvalue weighted by atomic mass is 10.1. The van der Waals surface area contributed by atoms with Gasteiger partial charge in [0.1, 0.15) is 11.0 Å². The third-order valence-electron chi connectivity index (χ3n) is 5.37. The van der Waals surface area contributed by atoms with E-state index < -0.39 is 30.3 Å². The molecule has 10 heteroatoms. The second-order valence-corrected chi connectivity index (χ2v) is 8.08. The molecule has 9 nitrogen and oxygen atoms in total. The van der Waals surface area contributed by atoms with Gasteiger partial charge in [0.15, 0.2) is 6.61 Å². The molecule has 0 bridgehead atoms. The number of imide groups is 1. The van der Waals surface area contributed by atoms with Crippen LogP contribution in [0.2, 0.25) is 0 Å². The standard InChI is InChI=1S/C24H16N4O5S/c1-13-5-2-3-8-19(13)28-22(30)15-10-9-14(11-16(15)23(28)31)24(32)33-12-20(29)25-17-6-4-7-18-21(17)27-34-26-18/h2-11H,12H2,1H3,(H,25,29). The molecule has 0 radical (unpaired) electrons. The highest BCUT2D eigenvalue weighted by Crippen LogP contribution is 2.31. The van der Waals surface area contributed by atoms with E-state index in [4.69, 9.17) is 4.74 Å². The molecular weight excluding hydrogens is 456 g/mol. The van der Waals surface area contributed by atoms with Gasteiger partial charge in [-0.2, -0.15) is 8.75 Å². The first kappa shape index (κ1) is 21.4. The molecule has 0 fully saturated rings. The Morgan fingerprint density at radius 2 is 1.76 bits per heavy atom. The SMILES string of the molecule is Cc1ccccc1N1C(=O)c2ccc(C(=O)OCC(=O)Nc3cccc4nsnc34)cc2C1=O. The molecule has 5 rings (SSSR count). The summed E-state index contributed by atoms with van der Waals surface area (Å²) in [6.07, 6.45) is 0. The van der Waals surface area contributed by atoms with E-state index in [0.717, 1.165) is 22.2 Å².